The Kier molecular flexibility index (Phi) is 3.58. The number of benzene rings is 1. The standard InChI is InChI=1S/C15H20O4/c1-9-10(2)14(16)18-12-8-17-15(19-13(9)12)11-6-4-3-5-7-11/h3-7,9-10,12-16H,8H2,1-2H3/t9-,10?,12?,13+,14?,15?/m1/s1. The Morgan fingerprint density at radius 3 is 2.53 bits per heavy atom. The highest BCUT2D eigenvalue weighted by molar-refractivity contribution is 5.16. The van der Waals surface area contributed by atoms with Crippen molar-refractivity contribution in [2.45, 2.75) is 38.6 Å². The predicted octanol–water partition coefficient (Wildman–Crippen LogP) is 2.09. The lowest BCUT2D eigenvalue weighted by Crippen LogP contribution is -2.55. The van der Waals surface area contributed by atoms with Crippen LogP contribution >= 0.6 is 0 Å². The largest absolute Gasteiger partial charge is 0.368 e. The summed E-state index contributed by atoms with van der Waals surface area (Å²) >= 11 is 0. The molecule has 6 atom stereocenters. The molecule has 0 saturated carbocycles. The lowest BCUT2D eigenvalue weighted by atomic mass is 9.84. The van der Waals surface area contributed by atoms with Crippen LogP contribution in [0.3, 0.4) is 0 Å². The average Bonchev–Trinajstić information content (AvgIpc) is 2.46. The van der Waals surface area contributed by atoms with Crippen LogP contribution < -0.4 is 0 Å². The van der Waals surface area contributed by atoms with E-state index in [-0.39, 0.29) is 30.3 Å². The zero-order valence-corrected chi connectivity index (χ0v) is 11.2. The van der Waals surface area contributed by atoms with E-state index in [2.05, 4.69) is 6.92 Å². The molecular weight excluding hydrogens is 244 g/mol. The van der Waals surface area contributed by atoms with Crippen molar-refractivity contribution in [2.24, 2.45) is 11.8 Å². The van der Waals surface area contributed by atoms with Gasteiger partial charge in [0.15, 0.2) is 12.6 Å². The molecule has 2 saturated heterocycles. The van der Waals surface area contributed by atoms with Gasteiger partial charge in [-0.1, -0.05) is 44.2 Å². The Bertz CT molecular complexity index is 419. The monoisotopic (exact) mass is 264 g/mol. The van der Waals surface area contributed by atoms with Crippen LogP contribution in [0.5, 0.6) is 0 Å². The Balaban J connectivity index is 1.75. The highest BCUT2D eigenvalue weighted by atomic mass is 16.7. The molecule has 0 spiro atoms. The lowest BCUT2D eigenvalue weighted by Gasteiger charge is -2.46. The minimum Gasteiger partial charge on any atom is -0.368 e. The van der Waals surface area contributed by atoms with Crippen LogP contribution in [0, 0.1) is 11.8 Å². The Morgan fingerprint density at radius 1 is 1.05 bits per heavy atom. The molecule has 3 rings (SSSR count). The summed E-state index contributed by atoms with van der Waals surface area (Å²) in [6.07, 6.45) is -1.27. The summed E-state index contributed by atoms with van der Waals surface area (Å²) in [6, 6.07) is 9.91. The van der Waals surface area contributed by atoms with Gasteiger partial charge < -0.3 is 19.3 Å². The van der Waals surface area contributed by atoms with E-state index in [9.17, 15) is 5.11 Å². The van der Waals surface area contributed by atoms with E-state index in [1.807, 2.05) is 37.3 Å². The molecule has 104 valence electrons. The van der Waals surface area contributed by atoms with E-state index in [4.69, 9.17) is 14.2 Å². The van der Waals surface area contributed by atoms with Crippen molar-refractivity contribution < 1.29 is 19.3 Å². The molecule has 0 radical (unpaired) electrons. The van der Waals surface area contributed by atoms with Gasteiger partial charge in [0.05, 0.1) is 12.7 Å². The van der Waals surface area contributed by atoms with Crippen molar-refractivity contribution in [3.63, 3.8) is 0 Å². The fourth-order valence-electron chi connectivity index (χ4n) is 2.77. The van der Waals surface area contributed by atoms with Crippen molar-refractivity contribution in [3.8, 4) is 0 Å². The minimum atomic E-state index is -0.725. The Labute approximate surface area is 113 Å². The molecule has 0 amide bonds. The van der Waals surface area contributed by atoms with Gasteiger partial charge in [-0.2, -0.15) is 0 Å². The highest BCUT2D eigenvalue weighted by Gasteiger charge is 2.45. The summed E-state index contributed by atoms with van der Waals surface area (Å²) < 4.78 is 17.3. The molecular formula is C15H20O4. The first-order chi connectivity index (χ1) is 9.16. The SMILES string of the molecule is CC1C(O)OC2COC(c3ccccc3)O[C@H]2[C@@H]1C. The number of fused-ring (bicyclic) bond motifs is 1. The summed E-state index contributed by atoms with van der Waals surface area (Å²) in [7, 11) is 0. The molecule has 2 aliphatic rings. The molecule has 0 aromatic heterocycles. The molecule has 19 heavy (non-hydrogen) atoms. The maximum atomic E-state index is 9.84. The number of rotatable bonds is 1. The molecule has 4 nitrogen and oxygen atoms in total. The molecule has 0 aliphatic carbocycles. The van der Waals surface area contributed by atoms with E-state index < -0.39 is 6.29 Å². The molecule has 1 aromatic carbocycles. The third-order valence-electron chi connectivity index (χ3n) is 4.24. The summed E-state index contributed by atoms with van der Waals surface area (Å²) in [4.78, 5) is 0. The summed E-state index contributed by atoms with van der Waals surface area (Å²) in [5, 5.41) is 9.84. The fraction of sp³-hybridized carbons (Fsp3) is 0.600. The van der Waals surface area contributed by atoms with Crippen LogP contribution in [-0.2, 0) is 14.2 Å². The smallest absolute Gasteiger partial charge is 0.184 e. The van der Waals surface area contributed by atoms with Gasteiger partial charge in [0.1, 0.15) is 6.10 Å². The first-order valence-corrected chi connectivity index (χ1v) is 6.82. The number of aliphatic hydroxyl groups is 1. The predicted molar refractivity (Wildman–Crippen MR) is 69.2 cm³/mol. The number of hydrogen-bond donors (Lipinski definition) is 1. The van der Waals surface area contributed by atoms with E-state index in [1.165, 1.54) is 0 Å². The summed E-state index contributed by atoms with van der Waals surface area (Å²) in [5.41, 5.74) is 1.02. The van der Waals surface area contributed by atoms with Crippen LogP contribution in [0.2, 0.25) is 0 Å². The van der Waals surface area contributed by atoms with Gasteiger partial charge in [0.25, 0.3) is 0 Å². The summed E-state index contributed by atoms with van der Waals surface area (Å²) in [5.74, 6) is 0.305. The van der Waals surface area contributed by atoms with Gasteiger partial charge in [-0.05, 0) is 5.92 Å². The Morgan fingerprint density at radius 2 is 1.79 bits per heavy atom. The average molecular weight is 264 g/mol. The van der Waals surface area contributed by atoms with Crippen molar-refractivity contribution in [3.05, 3.63) is 35.9 Å². The first kappa shape index (κ1) is 13.1. The minimum absolute atomic E-state index is 0.0302. The lowest BCUT2D eigenvalue weighted by molar-refractivity contribution is -0.335. The molecule has 2 aliphatic heterocycles. The van der Waals surface area contributed by atoms with Crippen LogP contribution in [-0.4, -0.2) is 30.2 Å². The van der Waals surface area contributed by atoms with Gasteiger partial charge in [-0.15, -0.1) is 0 Å². The van der Waals surface area contributed by atoms with Crippen LogP contribution in [0.1, 0.15) is 25.7 Å². The zero-order valence-electron chi connectivity index (χ0n) is 11.2. The maximum absolute atomic E-state index is 9.84. The Hall–Kier alpha value is -0.940. The second-order valence-corrected chi connectivity index (χ2v) is 5.46. The third kappa shape index (κ3) is 2.41. The second kappa shape index (κ2) is 5.21. The zero-order chi connectivity index (χ0) is 13.4. The number of ether oxygens (including phenoxy) is 3. The van der Waals surface area contributed by atoms with E-state index in [0.29, 0.717) is 6.61 Å². The normalized spacial score (nSPS) is 42.7. The second-order valence-electron chi connectivity index (χ2n) is 5.46. The molecule has 2 fully saturated rings. The molecule has 4 unspecified atom stereocenters. The quantitative estimate of drug-likeness (QED) is 0.843. The van der Waals surface area contributed by atoms with Crippen LogP contribution in [0.25, 0.3) is 0 Å². The first-order valence-electron chi connectivity index (χ1n) is 6.82. The topological polar surface area (TPSA) is 47.9 Å². The molecule has 1 N–H and O–H groups in total. The van der Waals surface area contributed by atoms with Gasteiger partial charge in [0.2, 0.25) is 0 Å². The van der Waals surface area contributed by atoms with E-state index in [0.717, 1.165) is 5.56 Å². The fourth-order valence-corrected chi connectivity index (χ4v) is 2.77. The third-order valence-corrected chi connectivity index (χ3v) is 4.24. The van der Waals surface area contributed by atoms with Gasteiger partial charge >= 0.3 is 0 Å². The molecule has 0 bridgehead atoms. The van der Waals surface area contributed by atoms with E-state index in [1.54, 1.807) is 0 Å². The van der Waals surface area contributed by atoms with Crippen molar-refractivity contribution in [1.82, 2.24) is 0 Å². The van der Waals surface area contributed by atoms with Crippen LogP contribution in [0.4, 0.5) is 0 Å². The number of aliphatic hydroxyl groups excluding tert-OH is 1. The molecule has 4 heteroatoms. The van der Waals surface area contributed by atoms with Crippen LogP contribution in [0.15, 0.2) is 30.3 Å². The summed E-state index contributed by atoms with van der Waals surface area (Å²) in [6.45, 7) is 4.54. The van der Waals surface area contributed by atoms with E-state index >= 15 is 0 Å². The van der Waals surface area contributed by atoms with Gasteiger partial charge in [-0.3, -0.25) is 0 Å². The van der Waals surface area contributed by atoms with Crippen molar-refractivity contribution in [1.29, 1.82) is 0 Å². The number of hydrogen-bond acceptors (Lipinski definition) is 4. The van der Waals surface area contributed by atoms with Crippen molar-refractivity contribution in [2.75, 3.05) is 6.61 Å². The van der Waals surface area contributed by atoms with Gasteiger partial charge in [0, 0.05) is 11.5 Å². The highest BCUT2D eigenvalue weighted by Crippen LogP contribution is 2.38. The van der Waals surface area contributed by atoms with Crippen molar-refractivity contribution >= 4 is 0 Å². The molecule has 2 heterocycles. The molecule has 1 aromatic rings. The maximum Gasteiger partial charge on any atom is 0.184 e. The van der Waals surface area contributed by atoms with Gasteiger partial charge in [-0.25, -0.2) is 0 Å².